The molecule has 1 aromatic heterocycles. The number of aliphatic imine (C=N–C) groups is 1. The van der Waals surface area contributed by atoms with E-state index >= 15 is 0 Å². The predicted octanol–water partition coefficient (Wildman–Crippen LogP) is 5.92. The Kier molecular flexibility index (Phi) is 6.81. The molecule has 0 unspecified atom stereocenters. The Bertz CT molecular complexity index is 1030. The SMILES string of the molecule is CC(C)(C)OC(=O)N(C(=O)c1ccccc1)C1=N[C@@]2(c3cc(Br)cs3)CCOC[C@H]2CS1. The highest BCUT2D eigenvalue weighted by Gasteiger charge is 2.48. The highest BCUT2D eigenvalue weighted by Crippen LogP contribution is 2.48. The maximum absolute atomic E-state index is 13.5. The summed E-state index contributed by atoms with van der Waals surface area (Å²) < 4.78 is 12.4. The molecular weight excluding hydrogens is 512 g/mol. The van der Waals surface area contributed by atoms with Gasteiger partial charge in [0.25, 0.3) is 5.91 Å². The van der Waals surface area contributed by atoms with Crippen molar-refractivity contribution in [2.24, 2.45) is 10.9 Å². The minimum atomic E-state index is -0.746. The number of carbonyl (C=O) groups excluding carboxylic acids is 2. The van der Waals surface area contributed by atoms with Crippen LogP contribution in [0.15, 0.2) is 51.2 Å². The molecular formula is C23H25BrN2O4S2. The van der Waals surface area contributed by atoms with Gasteiger partial charge in [-0.25, -0.2) is 9.79 Å². The molecule has 0 N–H and O–H groups in total. The Morgan fingerprint density at radius 3 is 2.69 bits per heavy atom. The van der Waals surface area contributed by atoms with Crippen molar-refractivity contribution in [3.63, 3.8) is 0 Å². The standard InChI is InChI=1S/C23H25BrN2O4S2/c1-22(2,3)30-21(28)26(19(27)15-7-5-4-6-8-15)20-25-23(18-11-17(24)14-31-18)9-10-29-12-16(23)13-32-20/h4-8,11,14,16H,9-10,12-13H2,1-3H3/t16-,23-/m0/s1. The van der Waals surface area contributed by atoms with Gasteiger partial charge in [0.1, 0.15) is 11.1 Å². The van der Waals surface area contributed by atoms with Gasteiger partial charge in [-0.1, -0.05) is 30.0 Å². The fourth-order valence-corrected chi connectivity index (χ4v) is 6.72. The number of ether oxygens (including phenoxy) is 2. The van der Waals surface area contributed by atoms with Crippen molar-refractivity contribution in [3.8, 4) is 0 Å². The van der Waals surface area contributed by atoms with Crippen LogP contribution >= 0.6 is 39.0 Å². The summed E-state index contributed by atoms with van der Waals surface area (Å²) in [7, 11) is 0. The van der Waals surface area contributed by atoms with Crippen molar-refractivity contribution in [1.82, 2.24) is 4.90 Å². The molecule has 1 aromatic carbocycles. The Morgan fingerprint density at radius 2 is 2.03 bits per heavy atom. The second-order valence-corrected chi connectivity index (χ2v) is 11.6. The molecule has 0 saturated carbocycles. The fraction of sp³-hybridized carbons (Fsp3) is 0.435. The lowest BCUT2D eigenvalue weighted by molar-refractivity contribution is 0.0104. The normalized spacial score (nSPS) is 23.1. The van der Waals surface area contributed by atoms with Crippen molar-refractivity contribution in [2.45, 2.75) is 38.3 Å². The molecule has 0 bridgehead atoms. The van der Waals surface area contributed by atoms with Crippen LogP contribution in [0.3, 0.4) is 0 Å². The summed E-state index contributed by atoms with van der Waals surface area (Å²) in [6.07, 6.45) is -0.0262. The van der Waals surface area contributed by atoms with Gasteiger partial charge in [0.15, 0.2) is 5.17 Å². The first-order valence-electron chi connectivity index (χ1n) is 10.4. The van der Waals surface area contributed by atoms with E-state index in [1.807, 2.05) is 11.4 Å². The minimum absolute atomic E-state index is 0.155. The van der Waals surface area contributed by atoms with Gasteiger partial charge < -0.3 is 9.47 Å². The van der Waals surface area contributed by atoms with E-state index in [9.17, 15) is 9.59 Å². The summed E-state index contributed by atoms with van der Waals surface area (Å²) in [5.74, 6) is 0.400. The van der Waals surface area contributed by atoms with E-state index in [1.54, 1.807) is 56.4 Å². The number of imide groups is 1. The van der Waals surface area contributed by atoms with Crippen LogP contribution in [0.4, 0.5) is 4.79 Å². The molecule has 0 spiro atoms. The van der Waals surface area contributed by atoms with Crippen molar-refractivity contribution in [2.75, 3.05) is 19.0 Å². The molecule has 0 radical (unpaired) electrons. The molecule has 1 saturated heterocycles. The number of hydrogen-bond acceptors (Lipinski definition) is 7. The second-order valence-electron chi connectivity index (χ2n) is 8.77. The fourth-order valence-electron chi connectivity index (χ4n) is 3.81. The first-order chi connectivity index (χ1) is 15.2. The van der Waals surface area contributed by atoms with E-state index in [1.165, 1.54) is 11.8 Å². The lowest BCUT2D eigenvalue weighted by Crippen LogP contribution is -2.50. The molecule has 4 rings (SSSR count). The van der Waals surface area contributed by atoms with Crippen LogP contribution < -0.4 is 0 Å². The Labute approximate surface area is 204 Å². The summed E-state index contributed by atoms with van der Waals surface area (Å²) in [6.45, 7) is 6.52. The average molecular weight is 538 g/mol. The third kappa shape index (κ3) is 4.81. The number of amidine groups is 1. The van der Waals surface area contributed by atoms with Crippen LogP contribution in [0.25, 0.3) is 0 Å². The molecule has 9 heteroatoms. The van der Waals surface area contributed by atoms with Crippen LogP contribution in [0.1, 0.15) is 42.4 Å². The molecule has 170 valence electrons. The molecule has 2 aromatic rings. The van der Waals surface area contributed by atoms with Gasteiger partial charge in [-0.3, -0.25) is 4.79 Å². The van der Waals surface area contributed by atoms with Crippen molar-refractivity contribution < 1.29 is 19.1 Å². The van der Waals surface area contributed by atoms with Crippen molar-refractivity contribution in [1.29, 1.82) is 0 Å². The number of nitrogens with zero attached hydrogens (tertiary/aromatic N) is 2. The summed E-state index contributed by atoms with van der Waals surface area (Å²) in [5.41, 5.74) is -0.875. The first kappa shape index (κ1) is 23.5. The lowest BCUT2D eigenvalue weighted by Gasteiger charge is -2.44. The summed E-state index contributed by atoms with van der Waals surface area (Å²) in [6, 6.07) is 10.8. The average Bonchev–Trinajstić information content (AvgIpc) is 3.20. The van der Waals surface area contributed by atoms with E-state index in [2.05, 4.69) is 22.0 Å². The lowest BCUT2D eigenvalue weighted by atomic mass is 9.80. The van der Waals surface area contributed by atoms with Crippen LogP contribution in [0, 0.1) is 5.92 Å². The minimum Gasteiger partial charge on any atom is -0.443 e. The third-order valence-electron chi connectivity index (χ3n) is 5.32. The number of hydrogen-bond donors (Lipinski definition) is 0. The highest BCUT2D eigenvalue weighted by atomic mass is 79.9. The zero-order valence-electron chi connectivity index (χ0n) is 18.2. The third-order valence-corrected chi connectivity index (χ3v) is 8.28. The van der Waals surface area contributed by atoms with E-state index in [-0.39, 0.29) is 5.92 Å². The van der Waals surface area contributed by atoms with Crippen LogP contribution in [-0.4, -0.2) is 46.6 Å². The smallest absolute Gasteiger partial charge is 0.423 e. The monoisotopic (exact) mass is 536 g/mol. The molecule has 2 aliphatic rings. The molecule has 6 nitrogen and oxygen atoms in total. The largest absolute Gasteiger partial charge is 0.443 e. The molecule has 2 aliphatic heterocycles. The summed E-state index contributed by atoms with van der Waals surface area (Å²) in [4.78, 5) is 34.0. The van der Waals surface area contributed by atoms with Gasteiger partial charge in [-0.05, 0) is 54.9 Å². The number of amides is 2. The quantitative estimate of drug-likeness (QED) is 0.476. The van der Waals surface area contributed by atoms with Crippen molar-refractivity contribution in [3.05, 3.63) is 56.7 Å². The van der Waals surface area contributed by atoms with Gasteiger partial charge in [0, 0.05) is 45.0 Å². The first-order valence-corrected chi connectivity index (χ1v) is 13.0. The van der Waals surface area contributed by atoms with Gasteiger partial charge in [-0.2, -0.15) is 4.90 Å². The summed E-state index contributed by atoms with van der Waals surface area (Å²) >= 11 is 6.59. The number of fused-ring (bicyclic) bond motifs is 1. The van der Waals surface area contributed by atoms with Gasteiger partial charge in [0.2, 0.25) is 0 Å². The number of thioether (sulfide) groups is 1. The van der Waals surface area contributed by atoms with E-state index in [0.29, 0.717) is 36.1 Å². The predicted molar refractivity (Wildman–Crippen MR) is 131 cm³/mol. The van der Waals surface area contributed by atoms with Crippen LogP contribution in [0.2, 0.25) is 0 Å². The molecule has 2 amide bonds. The zero-order valence-corrected chi connectivity index (χ0v) is 21.4. The second kappa shape index (κ2) is 9.29. The number of carbonyl (C=O) groups is 2. The zero-order chi connectivity index (χ0) is 22.9. The Balaban J connectivity index is 1.80. The topological polar surface area (TPSA) is 68.2 Å². The van der Waals surface area contributed by atoms with E-state index in [0.717, 1.165) is 14.2 Å². The maximum Gasteiger partial charge on any atom is 0.423 e. The van der Waals surface area contributed by atoms with Gasteiger partial charge in [0.05, 0.1) is 6.61 Å². The van der Waals surface area contributed by atoms with E-state index in [4.69, 9.17) is 14.5 Å². The molecule has 0 aliphatic carbocycles. The molecule has 32 heavy (non-hydrogen) atoms. The Morgan fingerprint density at radius 1 is 1.28 bits per heavy atom. The number of halogens is 1. The summed E-state index contributed by atoms with van der Waals surface area (Å²) in [5, 5.41) is 2.41. The Hall–Kier alpha value is -1.68. The molecule has 1 fully saturated rings. The number of benzene rings is 1. The van der Waals surface area contributed by atoms with Crippen LogP contribution in [0.5, 0.6) is 0 Å². The van der Waals surface area contributed by atoms with E-state index < -0.39 is 23.1 Å². The van der Waals surface area contributed by atoms with Crippen molar-refractivity contribution >= 4 is 56.2 Å². The molecule has 2 atom stereocenters. The number of rotatable bonds is 2. The van der Waals surface area contributed by atoms with Gasteiger partial charge >= 0.3 is 6.09 Å². The van der Waals surface area contributed by atoms with Crippen LogP contribution in [-0.2, 0) is 15.0 Å². The molecule has 3 heterocycles. The van der Waals surface area contributed by atoms with Gasteiger partial charge in [-0.15, -0.1) is 11.3 Å². The maximum atomic E-state index is 13.5. The highest BCUT2D eigenvalue weighted by molar-refractivity contribution is 9.10. The number of thiophene rings is 1.